The van der Waals surface area contributed by atoms with E-state index in [2.05, 4.69) is 25.9 Å². The van der Waals surface area contributed by atoms with E-state index in [1.165, 1.54) is 19.3 Å². The number of aromatic amines is 1. The van der Waals surface area contributed by atoms with E-state index >= 15 is 0 Å². The first-order chi connectivity index (χ1) is 16.5. The van der Waals surface area contributed by atoms with Gasteiger partial charge in [0, 0.05) is 37.9 Å². The van der Waals surface area contributed by atoms with Gasteiger partial charge in [-0.1, -0.05) is 0 Å². The number of H-pyrrole nitrogens is 1. The highest BCUT2D eigenvalue weighted by Crippen LogP contribution is 2.31. The van der Waals surface area contributed by atoms with Gasteiger partial charge < -0.3 is 16.0 Å². The van der Waals surface area contributed by atoms with E-state index in [0.717, 1.165) is 6.20 Å². The molecule has 1 atom stereocenters. The zero-order chi connectivity index (χ0) is 25.6. The lowest BCUT2D eigenvalue weighted by Crippen LogP contribution is -2.37. The standard InChI is InChI=1S/C20H25F3N8O4/c1-11(28-14-9-27-29-18(34)16(14)20(21,22)23)10-35-30-15(32)6-12-2-4-31(5-3-12)19-25-7-13(8-26-19)17(24)33/h7-9,11-12H,2-6,10H2,1H3,(H2,24,33)(H,30,32)(H2,28,29,34)/t11-/m0/s1. The largest absolute Gasteiger partial charge is 0.423 e. The zero-order valence-electron chi connectivity index (χ0n) is 18.8. The number of rotatable bonds is 9. The normalized spacial score (nSPS) is 15.5. The molecule has 0 aromatic carbocycles. The highest BCUT2D eigenvalue weighted by molar-refractivity contribution is 5.92. The third-order valence-electron chi connectivity index (χ3n) is 5.36. The van der Waals surface area contributed by atoms with Crippen LogP contribution in [-0.2, 0) is 15.8 Å². The molecule has 0 radical (unpaired) electrons. The minimum Gasteiger partial charge on any atom is -0.378 e. The predicted molar refractivity (Wildman–Crippen MR) is 117 cm³/mol. The van der Waals surface area contributed by atoms with Crippen LogP contribution in [0.25, 0.3) is 0 Å². The first-order valence-electron chi connectivity index (χ1n) is 10.7. The molecule has 0 aliphatic carbocycles. The maximum atomic E-state index is 13.1. The van der Waals surface area contributed by atoms with Crippen LogP contribution < -0.4 is 27.0 Å². The van der Waals surface area contributed by atoms with Crippen LogP contribution in [0, 0.1) is 5.92 Å². The van der Waals surface area contributed by atoms with Gasteiger partial charge in [0.1, 0.15) is 5.56 Å². The van der Waals surface area contributed by atoms with Crippen molar-refractivity contribution in [1.29, 1.82) is 0 Å². The summed E-state index contributed by atoms with van der Waals surface area (Å²) in [5, 5.41) is 7.66. The van der Waals surface area contributed by atoms with Crippen LogP contribution in [0.15, 0.2) is 23.4 Å². The van der Waals surface area contributed by atoms with E-state index in [4.69, 9.17) is 10.6 Å². The number of amides is 2. The van der Waals surface area contributed by atoms with Gasteiger partial charge in [-0.15, -0.1) is 0 Å². The number of nitrogens with zero attached hydrogens (tertiary/aromatic N) is 4. The lowest BCUT2D eigenvalue weighted by molar-refractivity contribution is -0.138. The van der Waals surface area contributed by atoms with E-state index in [1.54, 1.807) is 5.10 Å². The predicted octanol–water partition coefficient (Wildman–Crippen LogP) is 0.833. The molecule has 12 nitrogen and oxygen atoms in total. The summed E-state index contributed by atoms with van der Waals surface area (Å²) in [4.78, 5) is 50.2. The average molecular weight is 498 g/mol. The highest BCUT2D eigenvalue weighted by Gasteiger charge is 2.37. The molecule has 1 saturated heterocycles. The molecule has 0 bridgehead atoms. The molecule has 35 heavy (non-hydrogen) atoms. The lowest BCUT2D eigenvalue weighted by atomic mass is 9.93. The van der Waals surface area contributed by atoms with Gasteiger partial charge in [0.05, 0.1) is 24.1 Å². The smallest absolute Gasteiger partial charge is 0.378 e. The van der Waals surface area contributed by atoms with Gasteiger partial charge in [0.25, 0.3) is 11.5 Å². The van der Waals surface area contributed by atoms with Crippen molar-refractivity contribution in [3.63, 3.8) is 0 Å². The minimum atomic E-state index is -4.86. The second kappa shape index (κ2) is 11.1. The van der Waals surface area contributed by atoms with Gasteiger partial charge in [0.15, 0.2) is 0 Å². The minimum absolute atomic E-state index is 0.103. The SMILES string of the molecule is C[C@@H](CONC(=O)CC1CCN(c2ncc(C(N)=O)cn2)CC1)Nc1cn[nH]c(=O)c1C(F)(F)F. The molecule has 15 heteroatoms. The van der Waals surface area contributed by atoms with Gasteiger partial charge in [-0.05, 0) is 25.7 Å². The Morgan fingerprint density at radius 2 is 1.91 bits per heavy atom. The number of hydrogen-bond acceptors (Lipinski definition) is 9. The molecule has 1 aliphatic rings. The summed E-state index contributed by atoms with van der Waals surface area (Å²) < 4.78 is 39.3. The van der Waals surface area contributed by atoms with Crippen molar-refractivity contribution in [2.24, 2.45) is 11.7 Å². The molecule has 0 spiro atoms. The highest BCUT2D eigenvalue weighted by atomic mass is 19.4. The molecular weight excluding hydrogens is 473 g/mol. The Balaban J connectivity index is 1.39. The Kier molecular flexibility index (Phi) is 8.22. The number of hydrogen-bond donors (Lipinski definition) is 4. The number of aromatic nitrogens is 4. The van der Waals surface area contributed by atoms with E-state index in [9.17, 15) is 27.6 Å². The maximum absolute atomic E-state index is 13.1. The van der Waals surface area contributed by atoms with Crippen LogP contribution in [0.2, 0.25) is 0 Å². The van der Waals surface area contributed by atoms with E-state index in [1.807, 2.05) is 4.90 Å². The number of hydroxylamine groups is 1. The molecule has 1 aliphatic heterocycles. The van der Waals surface area contributed by atoms with Crippen molar-refractivity contribution in [1.82, 2.24) is 25.6 Å². The number of nitrogens with one attached hydrogen (secondary N) is 3. The van der Waals surface area contributed by atoms with Crippen molar-refractivity contribution < 1.29 is 27.6 Å². The molecule has 0 unspecified atom stereocenters. The Bertz CT molecular complexity index is 1090. The van der Waals surface area contributed by atoms with Crippen molar-refractivity contribution in [2.45, 2.75) is 38.4 Å². The number of primary amides is 1. The summed E-state index contributed by atoms with van der Waals surface area (Å²) in [6.45, 7) is 2.64. The van der Waals surface area contributed by atoms with Crippen LogP contribution in [0.1, 0.15) is 42.1 Å². The second-order valence-electron chi connectivity index (χ2n) is 8.14. The van der Waals surface area contributed by atoms with Crippen molar-refractivity contribution in [2.75, 3.05) is 29.9 Å². The molecule has 2 amide bonds. The summed E-state index contributed by atoms with van der Waals surface area (Å²) >= 11 is 0. The van der Waals surface area contributed by atoms with Crippen LogP contribution >= 0.6 is 0 Å². The first kappa shape index (κ1) is 25.9. The topological polar surface area (TPSA) is 168 Å². The van der Waals surface area contributed by atoms with Gasteiger partial charge in [-0.3, -0.25) is 19.2 Å². The number of carbonyl (C=O) groups excluding carboxylic acids is 2. The Morgan fingerprint density at radius 3 is 2.51 bits per heavy atom. The summed E-state index contributed by atoms with van der Waals surface area (Å²) in [6, 6.07) is -0.663. The fraction of sp³-hybridized carbons (Fsp3) is 0.500. The Labute approximate surface area is 197 Å². The van der Waals surface area contributed by atoms with Gasteiger partial charge >= 0.3 is 6.18 Å². The van der Waals surface area contributed by atoms with Crippen LogP contribution in [0.4, 0.5) is 24.8 Å². The third-order valence-corrected chi connectivity index (χ3v) is 5.36. The Morgan fingerprint density at radius 1 is 1.26 bits per heavy atom. The zero-order valence-corrected chi connectivity index (χ0v) is 18.8. The molecule has 2 aromatic heterocycles. The van der Waals surface area contributed by atoms with Crippen LogP contribution in [-0.4, -0.2) is 57.7 Å². The summed E-state index contributed by atoms with van der Waals surface area (Å²) in [7, 11) is 0. The molecule has 5 N–H and O–H groups in total. The second-order valence-corrected chi connectivity index (χ2v) is 8.14. The van der Waals surface area contributed by atoms with Crippen LogP contribution in [0.3, 0.4) is 0 Å². The third kappa shape index (κ3) is 7.11. The molecule has 2 aromatic rings. The molecular formula is C20H25F3N8O4. The van der Waals surface area contributed by atoms with Gasteiger partial charge in [0.2, 0.25) is 11.9 Å². The molecule has 3 heterocycles. The van der Waals surface area contributed by atoms with E-state index < -0.39 is 34.9 Å². The van der Waals surface area contributed by atoms with E-state index in [-0.39, 0.29) is 30.4 Å². The first-order valence-corrected chi connectivity index (χ1v) is 10.7. The number of carbonyl (C=O) groups is 2. The molecule has 0 saturated carbocycles. The number of nitrogens with two attached hydrogens (primary N) is 1. The maximum Gasteiger partial charge on any atom is 0.423 e. The number of anilines is 2. The Hall–Kier alpha value is -3.75. The van der Waals surface area contributed by atoms with Crippen molar-refractivity contribution >= 4 is 23.5 Å². The van der Waals surface area contributed by atoms with Gasteiger partial charge in [-0.25, -0.2) is 20.5 Å². The van der Waals surface area contributed by atoms with Crippen molar-refractivity contribution in [3.05, 3.63) is 40.1 Å². The number of halogens is 3. The van der Waals surface area contributed by atoms with Crippen LogP contribution in [0.5, 0.6) is 0 Å². The number of piperidine rings is 1. The quantitative estimate of drug-likeness (QED) is 0.366. The molecule has 190 valence electrons. The monoisotopic (exact) mass is 498 g/mol. The lowest BCUT2D eigenvalue weighted by Gasteiger charge is -2.31. The summed E-state index contributed by atoms with van der Waals surface area (Å²) in [5.74, 6) is -0.377. The van der Waals surface area contributed by atoms with E-state index in [0.29, 0.717) is 31.9 Å². The van der Waals surface area contributed by atoms with Gasteiger partial charge in [-0.2, -0.15) is 18.3 Å². The average Bonchev–Trinajstić information content (AvgIpc) is 2.79. The fourth-order valence-corrected chi connectivity index (χ4v) is 3.60. The molecule has 3 rings (SSSR count). The van der Waals surface area contributed by atoms with Crippen molar-refractivity contribution in [3.8, 4) is 0 Å². The summed E-state index contributed by atoms with van der Waals surface area (Å²) in [5.41, 5.74) is 4.47. The molecule has 1 fully saturated rings. The summed E-state index contributed by atoms with van der Waals surface area (Å²) in [6.07, 6.45) is 0.379. The number of alkyl halides is 3. The fourth-order valence-electron chi connectivity index (χ4n) is 3.60.